The van der Waals surface area contributed by atoms with E-state index in [1.807, 2.05) is 18.2 Å². The first-order valence-corrected chi connectivity index (χ1v) is 5.69. The minimum Gasteiger partial charge on any atom is -0.396 e. The van der Waals surface area contributed by atoms with Crippen LogP contribution in [0.1, 0.15) is 10.4 Å². The second-order valence-corrected chi connectivity index (χ2v) is 4.01. The van der Waals surface area contributed by atoms with Gasteiger partial charge in [0.1, 0.15) is 0 Å². The highest BCUT2D eigenvalue weighted by atomic mass is 16.1. The lowest BCUT2D eigenvalue weighted by atomic mass is 10.2. The number of fused-ring (bicyclic) bond motifs is 1. The van der Waals surface area contributed by atoms with E-state index in [2.05, 4.69) is 15.4 Å². The van der Waals surface area contributed by atoms with Crippen molar-refractivity contribution >= 4 is 22.8 Å². The first kappa shape index (κ1) is 11.2. The summed E-state index contributed by atoms with van der Waals surface area (Å²) in [4.78, 5) is 16.1. The summed E-state index contributed by atoms with van der Waals surface area (Å²) in [6.07, 6.45) is 6.38. The molecule has 0 saturated carbocycles. The van der Waals surface area contributed by atoms with Gasteiger partial charge in [0.2, 0.25) is 0 Å². The molecule has 3 N–H and O–H groups in total. The zero-order valence-electron chi connectivity index (χ0n) is 9.95. The van der Waals surface area contributed by atoms with Gasteiger partial charge < -0.3 is 11.1 Å². The Hall–Kier alpha value is -2.89. The van der Waals surface area contributed by atoms with Crippen LogP contribution in [-0.2, 0) is 0 Å². The molecule has 3 heterocycles. The number of nitrogens with two attached hydrogens (primary N) is 1. The SMILES string of the molecule is Nc1cnccc1NC(=O)c1cnn2ccccc12. The summed E-state index contributed by atoms with van der Waals surface area (Å²) in [6.45, 7) is 0. The smallest absolute Gasteiger partial charge is 0.259 e. The van der Waals surface area contributed by atoms with Gasteiger partial charge in [0.25, 0.3) is 5.91 Å². The normalized spacial score (nSPS) is 10.5. The minimum absolute atomic E-state index is 0.251. The van der Waals surface area contributed by atoms with E-state index in [0.717, 1.165) is 5.52 Å². The van der Waals surface area contributed by atoms with Crippen molar-refractivity contribution in [3.8, 4) is 0 Å². The minimum atomic E-state index is -0.251. The second-order valence-electron chi connectivity index (χ2n) is 4.01. The van der Waals surface area contributed by atoms with Gasteiger partial charge in [-0.25, -0.2) is 4.52 Å². The summed E-state index contributed by atoms with van der Waals surface area (Å²) in [5.41, 5.74) is 7.94. The van der Waals surface area contributed by atoms with Crippen molar-refractivity contribution in [2.24, 2.45) is 0 Å². The Morgan fingerprint density at radius 2 is 2.16 bits per heavy atom. The van der Waals surface area contributed by atoms with E-state index in [-0.39, 0.29) is 5.91 Å². The molecule has 6 heteroatoms. The lowest BCUT2D eigenvalue weighted by Gasteiger charge is -2.06. The van der Waals surface area contributed by atoms with Crippen LogP contribution in [0.2, 0.25) is 0 Å². The van der Waals surface area contributed by atoms with Crippen molar-refractivity contribution < 1.29 is 4.79 Å². The maximum absolute atomic E-state index is 12.2. The van der Waals surface area contributed by atoms with E-state index in [1.165, 1.54) is 12.4 Å². The molecule has 0 saturated heterocycles. The van der Waals surface area contributed by atoms with Crippen LogP contribution in [0.3, 0.4) is 0 Å². The summed E-state index contributed by atoms with van der Waals surface area (Å²) >= 11 is 0. The molecule has 0 unspecified atom stereocenters. The Labute approximate surface area is 108 Å². The first-order valence-electron chi connectivity index (χ1n) is 5.69. The van der Waals surface area contributed by atoms with Gasteiger partial charge in [0.15, 0.2) is 0 Å². The molecular weight excluding hydrogens is 242 g/mol. The van der Waals surface area contributed by atoms with Gasteiger partial charge in [-0.1, -0.05) is 6.07 Å². The van der Waals surface area contributed by atoms with Crippen molar-refractivity contribution in [1.82, 2.24) is 14.6 Å². The average Bonchev–Trinajstić information content (AvgIpc) is 2.85. The van der Waals surface area contributed by atoms with Crippen molar-refractivity contribution in [3.05, 3.63) is 54.6 Å². The van der Waals surface area contributed by atoms with Crippen molar-refractivity contribution in [3.63, 3.8) is 0 Å². The Bertz CT molecular complexity index is 749. The molecular formula is C13H11N5O. The van der Waals surface area contributed by atoms with Gasteiger partial charge in [-0.15, -0.1) is 0 Å². The van der Waals surface area contributed by atoms with Gasteiger partial charge >= 0.3 is 0 Å². The molecule has 3 aromatic rings. The maximum atomic E-state index is 12.2. The predicted octanol–water partition coefficient (Wildman–Crippen LogP) is 1.56. The molecule has 0 fully saturated rings. The lowest BCUT2D eigenvalue weighted by molar-refractivity contribution is 0.102. The molecule has 0 atom stereocenters. The number of hydrogen-bond acceptors (Lipinski definition) is 4. The number of nitrogen functional groups attached to an aromatic ring is 1. The van der Waals surface area contributed by atoms with E-state index >= 15 is 0 Å². The van der Waals surface area contributed by atoms with Crippen LogP contribution < -0.4 is 11.1 Å². The molecule has 0 aromatic carbocycles. The number of carbonyl (C=O) groups excluding carboxylic acids is 1. The van der Waals surface area contributed by atoms with E-state index in [0.29, 0.717) is 16.9 Å². The van der Waals surface area contributed by atoms with Crippen LogP contribution in [0.25, 0.3) is 5.52 Å². The van der Waals surface area contributed by atoms with E-state index in [9.17, 15) is 4.79 Å². The average molecular weight is 253 g/mol. The van der Waals surface area contributed by atoms with Crippen molar-refractivity contribution in [2.45, 2.75) is 0 Å². The Balaban J connectivity index is 1.95. The molecule has 0 spiro atoms. The number of aromatic nitrogens is 3. The van der Waals surface area contributed by atoms with Crippen LogP contribution in [0, 0.1) is 0 Å². The highest BCUT2D eigenvalue weighted by molar-refractivity contribution is 6.09. The van der Waals surface area contributed by atoms with E-state index < -0.39 is 0 Å². The summed E-state index contributed by atoms with van der Waals surface area (Å²) < 4.78 is 1.64. The van der Waals surface area contributed by atoms with Gasteiger partial charge in [-0.2, -0.15) is 5.10 Å². The molecule has 0 aliphatic rings. The number of pyridine rings is 2. The van der Waals surface area contributed by atoms with Gasteiger partial charge in [-0.05, 0) is 18.2 Å². The number of carbonyl (C=O) groups is 1. The molecule has 1 amide bonds. The molecule has 3 rings (SSSR count). The third-order valence-corrected chi connectivity index (χ3v) is 2.77. The largest absolute Gasteiger partial charge is 0.396 e. The number of rotatable bonds is 2. The maximum Gasteiger partial charge on any atom is 0.259 e. The first-order chi connectivity index (χ1) is 9.25. The van der Waals surface area contributed by atoms with Crippen LogP contribution in [-0.4, -0.2) is 20.5 Å². The Morgan fingerprint density at radius 3 is 3.00 bits per heavy atom. The molecule has 0 aliphatic carbocycles. The fourth-order valence-electron chi connectivity index (χ4n) is 1.82. The highest BCUT2D eigenvalue weighted by Gasteiger charge is 2.13. The molecule has 6 nitrogen and oxygen atoms in total. The molecule has 3 aromatic heterocycles. The highest BCUT2D eigenvalue weighted by Crippen LogP contribution is 2.18. The fraction of sp³-hybridized carbons (Fsp3) is 0. The Kier molecular flexibility index (Phi) is 2.60. The molecule has 0 bridgehead atoms. The molecule has 0 radical (unpaired) electrons. The van der Waals surface area contributed by atoms with Crippen LogP contribution in [0.15, 0.2) is 49.1 Å². The number of anilines is 2. The quantitative estimate of drug-likeness (QED) is 0.725. The second kappa shape index (κ2) is 4.41. The van der Waals surface area contributed by atoms with Crippen LogP contribution >= 0.6 is 0 Å². The molecule has 94 valence electrons. The van der Waals surface area contributed by atoms with Crippen LogP contribution in [0.4, 0.5) is 11.4 Å². The van der Waals surface area contributed by atoms with Crippen LogP contribution in [0.5, 0.6) is 0 Å². The monoisotopic (exact) mass is 253 g/mol. The van der Waals surface area contributed by atoms with Gasteiger partial charge in [0, 0.05) is 12.4 Å². The summed E-state index contributed by atoms with van der Waals surface area (Å²) in [7, 11) is 0. The van der Waals surface area contributed by atoms with Crippen molar-refractivity contribution in [1.29, 1.82) is 0 Å². The summed E-state index contributed by atoms with van der Waals surface area (Å²) in [5.74, 6) is -0.251. The molecule has 19 heavy (non-hydrogen) atoms. The van der Waals surface area contributed by atoms with Gasteiger partial charge in [0.05, 0.1) is 34.8 Å². The van der Waals surface area contributed by atoms with Crippen molar-refractivity contribution in [2.75, 3.05) is 11.1 Å². The lowest BCUT2D eigenvalue weighted by Crippen LogP contribution is -2.13. The summed E-state index contributed by atoms with van der Waals surface area (Å²) in [6, 6.07) is 7.19. The predicted molar refractivity (Wildman–Crippen MR) is 71.8 cm³/mol. The zero-order valence-corrected chi connectivity index (χ0v) is 9.95. The summed E-state index contributed by atoms with van der Waals surface area (Å²) in [5, 5.41) is 6.86. The third kappa shape index (κ3) is 1.99. The number of nitrogens with zero attached hydrogens (tertiary/aromatic N) is 3. The molecule has 0 aliphatic heterocycles. The zero-order chi connectivity index (χ0) is 13.2. The number of hydrogen-bond donors (Lipinski definition) is 2. The third-order valence-electron chi connectivity index (χ3n) is 2.77. The van der Waals surface area contributed by atoms with E-state index in [1.54, 1.807) is 23.0 Å². The number of amides is 1. The van der Waals surface area contributed by atoms with E-state index in [4.69, 9.17) is 5.73 Å². The van der Waals surface area contributed by atoms with Gasteiger partial charge in [-0.3, -0.25) is 9.78 Å². The Morgan fingerprint density at radius 1 is 1.26 bits per heavy atom. The standard InChI is InChI=1S/C13H11N5O/c14-10-8-15-5-4-11(10)17-13(19)9-7-16-18-6-2-1-3-12(9)18/h1-8H,14H2,(H,15,17,19). The topological polar surface area (TPSA) is 85.3 Å². The fourth-order valence-corrected chi connectivity index (χ4v) is 1.82. The number of nitrogens with one attached hydrogen (secondary N) is 1.